The molecule has 76 valence electrons. The van der Waals surface area contributed by atoms with E-state index in [0.29, 0.717) is 0 Å². The van der Waals surface area contributed by atoms with E-state index in [1.54, 1.807) is 17.8 Å². The van der Waals surface area contributed by atoms with Crippen molar-refractivity contribution in [2.75, 3.05) is 18.8 Å². The van der Waals surface area contributed by atoms with E-state index in [2.05, 4.69) is 5.32 Å². The lowest BCUT2D eigenvalue weighted by molar-refractivity contribution is 0.341. The Bertz CT molecular complexity index is 299. The molecule has 0 spiro atoms. The molecule has 3 heteroatoms. The van der Waals surface area contributed by atoms with Gasteiger partial charge in [0.1, 0.15) is 5.82 Å². The fourth-order valence-corrected chi connectivity index (χ4v) is 2.50. The number of hydrogen-bond acceptors (Lipinski definition) is 2. The van der Waals surface area contributed by atoms with E-state index in [9.17, 15) is 4.39 Å². The van der Waals surface area contributed by atoms with Gasteiger partial charge in [0.25, 0.3) is 0 Å². The summed E-state index contributed by atoms with van der Waals surface area (Å²) in [5.74, 6) is 1.74. The quantitative estimate of drug-likeness (QED) is 0.768. The van der Waals surface area contributed by atoms with Crippen LogP contribution in [0.1, 0.15) is 6.42 Å². The van der Waals surface area contributed by atoms with Gasteiger partial charge < -0.3 is 5.32 Å². The molecule has 0 bridgehead atoms. The average molecular weight is 211 g/mol. The van der Waals surface area contributed by atoms with Crippen molar-refractivity contribution in [1.29, 1.82) is 0 Å². The van der Waals surface area contributed by atoms with E-state index < -0.39 is 0 Å². The smallest absolute Gasteiger partial charge is 0.136 e. The van der Waals surface area contributed by atoms with E-state index in [1.807, 2.05) is 12.1 Å². The summed E-state index contributed by atoms with van der Waals surface area (Å²) in [6.45, 7) is 2.27. The number of benzene rings is 1. The molecular formula is C11H14FNS. The number of halogens is 1. The molecule has 1 heterocycles. The van der Waals surface area contributed by atoms with Gasteiger partial charge in [0.2, 0.25) is 0 Å². The summed E-state index contributed by atoms with van der Waals surface area (Å²) >= 11 is 1.62. The lowest BCUT2D eigenvalue weighted by atomic mass is 10.0. The average Bonchev–Trinajstić information content (AvgIpc) is 2.12. The summed E-state index contributed by atoms with van der Waals surface area (Å²) in [5.41, 5.74) is 0. The van der Waals surface area contributed by atoms with Crippen LogP contribution in [0.4, 0.5) is 4.39 Å². The third-order valence-corrected chi connectivity index (χ3v) is 3.57. The first-order chi connectivity index (χ1) is 6.86. The Morgan fingerprint density at radius 2 is 2.14 bits per heavy atom. The Labute approximate surface area is 88.1 Å². The van der Waals surface area contributed by atoms with Gasteiger partial charge in [-0.15, -0.1) is 11.8 Å². The van der Waals surface area contributed by atoms with Crippen LogP contribution in [-0.4, -0.2) is 18.8 Å². The largest absolute Gasteiger partial charge is 0.316 e. The molecular weight excluding hydrogens is 197 g/mol. The molecule has 1 aromatic rings. The Hall–Kier alpha value is -0.540. The van der Waals surface area contributed by atoms with Crippen molar-refractivity contribution in [2.24, 2.45) is 5.92 Å². The zero-order chi connectivity index (χ0) is 9.80. The first-order valence-electron chi connectivity index (χ1n) is 4.94. The van der Waals surface area contributed by atoms with Crippen LogP contribution in [0, 0.1) is 11.7 Å². The normalized spacial score (nSPS) is 16.6. The third kappa shape index (κ3) is 2.49. The highest BCUT2D eigenvalue weighted by Gasteiger charge is 2.15. The van der Waals surface area contributed by atoms with Gasteiger partial charge in [-0.3, -0.25) is 0 Å². The second kappa shape index (κ2) is 4.80. The van der Waals surface area contributed by atoms with Gasteiger partial charge in [-0.2, -0.15) is 0 Å². The highest BCUT2D eigenvalue weighted by atomic mass is 32.2. The van der Waals surface area contributed by atoms with E-state index in [1.165, 1.54) is 12.5 Å². The third-order valence-electron chi connectivity index (χ3n) is 2.49. The van der Waals surface area contributed by atoms with Crippen LogP contribution in [0.15, 0.2) is 29.2 Å². The first-order valence-corrected chi connectivity index (χ1v) is 5.93. The lowest BCUT2D eigenvalue weighted by Crippen LogP contribution is -2.42. The van der Waals surface area contributed by atoms with E-state index in [-0.39, 0.29) is 5.82 Å². The van der Waals surface area contributed by atoms with Gasteiger partial charge >= 0.3 is 0 Å². The minimum absolute atomic E-state index is 0.0933. The summed E-state index contributed by atoms with van der Waals surface area (Å²) in [6.07, 6.45) is 1.19. The minimum atomic E-state index is -0.0933. The van der Waals surface area contributed by atoms with Crippen molar-refractivity contribution in [3.63, 3.8) is 0 Å². The van der Waals surface area contributed by atoms with Crippen LogP contribution in [0.5, 0.6) is 0 Å². The van der Waals surface area contributed by atoms with Gasteiger partial charge in [-0.05, 0) is 43.3 Å². The Balaban J connectivity index is 1.76. The van der Waals surface area contributed by atoms with E-state index in [4.69, 9.17) is 0 Å². The van der Waals surface area contributed by atoms with Crippen molar-refractivity contribution >= 4 is 11.8 Å². The topological polar surface area (TPSA) is 12.0 Å². The van der Waals surface area contributed by atoms with Gasteiger partial charge in [-0.1, -0.05) is 12.1 Å². The van der Waals surface area contributed by atoms with Crippen molar-refractivity contribution in [3.05, 3.63) is 30.1 Å². The molecule has 1 aliphatic rings. The predicted molar refractivity (Wildman–Crippen MR) is 58.1 cm³/mol. The molecule has 0 amide bonds. The van der Waals surface area contributed by atoms with Crippen molar-refractivity contribution < 1.29 is 4.39 Å². The second-order valence-corrected chi connectivity index (χ2v) is 4.73. The maximum Gasteiger partial charge on any atom is 0.136 e. The van der Waals surface area contributed by atoms with Crippen LogP contribution in [0.2, 0.25) is 0 Å². The fraction of sp³-hybridized carbons (Fsp3) is 0.455. The number of hydrogen-bond donors (Lipinski definition) is 1. The van der Waals surface area contributed by atoms with Crippen molar-refractivity contribution in [3.8, 4) is 0 Å². The molecule has 0 aromatic heterocycles. The van der Waals surface area contributed by atoms with Gasteiger partial charge in [0.15, 0.2) is 0 Å². The zero-order valence-corrected chi connectivity index (χ0v) is 8.82. The molecule has 0 aliphatic carbocycles. The van der Waals surface area contributed by atoms with Crippen LogP contribution >= 0.6 is 11.8 Å². The molecule has 14 heavy (non-hydrogen) atoms. The lowest BCUT2D eigenvalue weighted by Gasteiger charge is -2.26. The summed E-state index contributed by atoms with van der Waals surface area (Å²) in [6, 6.07) is 6.98. The highest BCUT2D eigenvalue weighted by Crippen LogP contribution is 2.23. The van der Waals surface area contributed by atoms with Gasteiger partial charge in [0, 0.05) is 4.90 Å². The summed E-state index contributed by atoms with van der Waals surface area (Å²) in [5, 5.41) is 3.24. The summed E-state index contributed by atoms with van der Waals surface area (Å²) < 4.78 is 13.2. The minimum Gasteiger partial charge on any atom is -0.316 e. The SMILES string of the molecule is Fc1ccccc1SCCC1CNC1. The van der Waals surface area contributed by atoms with Crippen LogP contribution in [0.3, 0.4) is 0 Å². The van der Waals surface area contributed by atoms with Crippen LogP contribution < -0.4 is 5.32 Å². The van der Waals surface area contributed by atoms with E-state index >= 15 is 0 Å². The van der Waals surface area contributed by atoms with Crippen molar-refractivity contribution in [1.82, 2.24) is 5.32 Å². The molecule has 0 unspecified atom stereocenters. The molecule has 1 aromatic carbocycles. The highest BCUT2D eigenvalue weighted by molar-refractivity contribution is 7.99. The van der Waals surface area contributed by atoms with Crippen LogP contribution in [-0.2, 0) is 0 Å². The molecule has 0 atom stereocenters. The fourth-order valence-electron chi connectivity index (χ4n) is 1.45. The molecule has 0 radical (unpaired) electrons. The predicted octanol–water partition coefficient (Wildman–Crippen LogP) is 2.53. The maximum absolute atomic E-state index is 13.2. The second-order valence-electron chi connectivity index (χ2n) is 3.59. The van der Waals surface area contributed by atoms with E-state index in [0.717, 1.165) is 29.7 Å². The molecule has 1 nitrogen and oxygen atoms in total. The molecule has 2 rings (SSSR count). The first kappa shape index (κ1) is 9.99. The Kier molecular flexibility index (Phi) is 3.43. The van der Waals surface area contributed by atoms with Crippen LogP contribution in [0.25, 0.3) is 0 Å². The van der Waals surface area contributed by atoms with Gasteiger partial charge in [-0.25, -0.2) is 4.39 Å². The molecule has 1 fully saturated rings. The molecule has 1 N–H and O–H groups in total. The van der Waals surface area contributed by atoms with Crippen molar-refractivity contribution in [2.45, 2.75) is 11.3 Å². The number of thioether (sulfide) groups is 1. The summed E-state index contributed by atoms with van der Waals surface area (Å²) in [7, 11) is 0. The number of rotatable bonds is 4. The molecule has 1 aliphatic heterocycles. The zero-order valence-electron chi connectivity index (χ0n) is 8.00. The Morgan fingerprint density at radius 1 is 1.36 bits per heavy atom. The Morgan fingerprint density at radius 3 is 2.79 bits per heavy atom. The summed E-state index contributed by atoms with van der Waals surface area (Å²) in [4.78, 5) is 0.778. The number of nitrogens with one attached hydrogen (secondary N) is 1. The standard InChI is InChI=1S/C11H14FNS/c12-10-3-1-2-4-11(10)14-6-5-9-7-13-8-9/h1-4,9,13H,5-8H2. The maximum atomic E-state index is 13.2. The monoisotopic (exact) mass is 211 g/mol. The van der Waals surface area contributed by atoms with Gasteiger partial charge in [0.05, 0.1) is 0 Å². The molecule has 1 saturated heterocycles. The molecule has 0 saturated carbocycles.